The van der Waals surface area contributed by atoms with E-state index in [2.05, 4.69) is 0 Å². The van der Waals surface area contributed by atoms with Crippen molar-refractivity contribution >= 4 is 34.6 Å². The minimum atomic E-state index is -0.402. The first kappa shape index (κ1) is 12.9. The number of halogens is 1. The Kier molecular flexibility index (Phi) is 3.59. The molecule has 0 saturated carbocycles. The quantitative estimate of drug-likeness (QED) is 0.853. The normalized spacial score (nSPS) is 10.4. The fourth-order valence-electron chi connectivity index (χ4n) is 1.65. The Morgan fingerprint density at radius 2 is 1.94 bits per heavy atom. The van der Waals surface area contributed by atoms with Crippen molar-refractivity contribution in [2.24, 2.45) is 0 Å². The van der Waals surface area contributed by atoms with Crippen LogP contribution in [0.15, 0.2) is 24.3 Å². The molecule has 0 aliphatic heterocycles. The topological polar surface area (TPSA) is 52.3 Å². The Labute approximate surface area is 114 Å². The fraction of sp³-hybridized carbons (Fsp3) is 0.154. The average Bonchev–Trinajstić information content (AvgIpc) is 2.67. The molecular weight excluding hydrogens is 270 g/mol. The van der Waals surface area contributed by atoms with Crippen molar-refractivity contribution < 1.29 is 9.53 Å². The Morgan fingerprint density at radius 1 is 1.33 bits per heavy atom. The van der Waals surface area contributed by atoms with Crippen LogP contribution in [0.5, 0.6) is 0 Å². The van der Waals surface area contributed by atoms with Gasteiger partial charge in [-0.25, -0.2) is 4.79 Å². The van der Waals surface area contributed by atoms with Gasteiger partial charge in [-0.1, -0.05) is 23.7 Å². The minimum Gasteiger partial charge on any atom is -0.465 e. The Bertz CT molecular complexity index is 590. The number of esters is 1. The van der Waals surface area contributed by atoms with Crippen molar-refractivity contribution in [2.75, 3.05) is 12.8 Å². The second-order valence-corrected chi connectivity index (χ2v) is 5.25. The third kappa shape index (κ3) is 2.21. The van der Waals surface area contributed by atoms with Crippen molar-refractivity contribution in [3.05, 3.63) is 39.7 Å². The standard InChI is InChI=1S/C13H12ClNO2S/c1-7-10(15)12(13(16)17-2)18-11(7)8-3-5-9(14)6-4-8/h3-6H,15H2,1-2H3. The Morgan fingerprint density at radius 3 is 2.50 bits per heavy atom. The number of ether oxygens (including phenoxy) is 1. The number of carbonyl (C=O) groups is 1. The number of benzene rings is 1. The minimum absolute atomic E-state index is 0.402. The molecule has 0 fully saturated rings. The number of carbonyl (C=O) groups excluding carboxylic acids is 1. The molecule has 1 heterocycles. The first-order valence-electron chi connectivity index (χ1n) is 5.27. The molecule has 18 heavy (non-hydrogen) atoms. The number of hydrogen-bond acceptors (Lipinski definition) is 4. The molecule has 0 spiro atoms. The zero-order valence-electron chi connectivity index (χ0n) is 9.99. The van der Waals surface area contributed by atoms with Gasteiger partial charge in [0.25, 0.3) is 0 Å². The zero-order chi connectivity index (χ0) is 13.3. The third-order valence-electron chi connectivity index (χ3n) is 2.67. The Balaban J connectivity index is 2.52. The second-order valence-electron chi connectivity index (χ2n) is 3.80. The van der Waals surface area contributed by atoms with Crippen LogP contribution in [0.1, 0.15) is 15.2 Å². The summed E-state index contributed by atoms with van der Waals surface area (Å²) in [6.45, 7) is 1.89. The molecule has 2 aromatic rings. The molecule has 0 unspecified atom stereocenters. The lowest BCUT2D eigenvalue weighted by molar-refractivity contribution is 0.0607. The monoisotopic (exact) mass is 281 g/mol. The number of anilines is 1. The van der Waals surface area contributed by atoms with Gasteiger partial charge in [0.2, 0.25) is 0 Å². The van der Waals surface area contributed by atoms with Gasteiger partial charge in [0, 0.05) is 9.90 Å². The molecular formula is C13H12ClNO2S. The van der Waals surface area contributed by atoms with Crippen molar-refractivity contribution in [3.8, 4) is 10.4 Å². The van der Waals surface area contributed by atoms with Crippen molar-refractivity contribution in [3.63, 3.8) is 0 Å². The summed E-state index contributed by atoms with van der Waals surface area (Å²) in [5, 5.41) is 0.675. The molecule has 0 aliphatic rings. The zero-order valence-corrected chi connectivity index (χ0v) is 11.6. The number of thiophene rings is 1. The van der Waals surface area contributed by atoms with E-state index in [4.69, 9.17) is 22.1 Å². The maximum Gasteiger partial charge on any atom is 0.350 e. The maximum atomic E-state index is 11.6. The molecule has 0 aliphatic carbocycles. The van der Waals surface area contributed by atoms with Gasteiger partial charge < -0.3 is 10.5 Å². The van der Waals surface area contributed by atoms with Crippen LogP contribution in [0, 0.1) is 6.92 Å². The highest BCUT2D eigenvalue weighted by molar-refractivity contribution is 7.18. The smallest absolute Gasteiger partial charge is 0.350 e. The van der Waals surface area contributed by atoms with E-state index >= 15 is 0 Å². The summed E-state index contributed by atoms with van der Waals surface area (Å²) in [5.74, 6) is -0.402. The summed E-state index contributed by atoms with van der Waals surface area (Å²) in [4.78, 5) is 13.0. The van der Waals surface area contributed by atoms with Gasteiger partial charge in [0.15, 0.2) is 0 Å². The summed E-state index contributed by atoms with van der Waals surface area (Å²) in [6, 6.07) is 7.43. The third-order valence-corrected chi connectivity index (χ3v) is 4.26. The van der Waals surface area contributed by atoms with E-state index in [0.29, 0.717) is 15.6 Å². The second kappa shape index (κ2) is 5.00. The van der Waals surface area contributed by atoms with Gasteiger partial charge in [-0.3, -0.25) is 0 Å². The van der Waals surface area contributed by atoms with Crippen LogP contribution < -0.4 is 5.73 Å². The lowest BCUT2D eigenvalue weighted by Gasteiger charge is -2.00. The van der Waals surface area contributed by atoms with Crippen molar-refractivity contribution in [2.45, 2.75) is 6.92 Å². The van der Waals surface area contributed by atoms with E-state index in [1.165, 1.54) is 18.4 Å². The predicted molar refractivity (Wildman–Crippen MR) is 75.3 cm³/mol. The summed E-state index contributed by atoms with van der Waals surface area (Å²) < 4.78 is 4.71. The average molecular weight is 282 g/mol. The molecule has 2 N–H and O–H groups in total. The van der Waals surface area contributed by atoms with Gasteiger partial charge in [-0.2, -0.15) is 0 Å². The summed E-state index contributed by atoms with van der Waals surface area (Å²) in [6.07, 6.45) is 0. The van der Waals surface area contributed by atoms with Crippen molar-refractivity contribution in [1.29, 1.82) is 0 Å². The summed E-state index contributed by atoms with van der Waals surface area (Å²) in [7, 11) is 1.35. The van der Waals surface area contributed by atoms with Crippen molar-refractivity contribution in [1.82, 2.24) is 0 Å². The van der Waals surface area contributed by atoms with E-state index in [9.17, 15) is 4.79 Å². The van der Waals surface area contributed by atoms with Crippen LogP contribution in [-0.4, -0.2) is 13.1 Å². The number of hydrogen-bond donors (Lipinski definition) is 1. The molecule has 0 radical (unpaired) electrons. The van der Waals surface area contributed by atoms with E-state index in [1.807, 2.05) is 31.2 Å². The number of methoxy groups -OCH3 is 1. The summed E-state index contributed by atoms with van der Waals surface area (Å²) >= 11 is 7.19. The number of nitrogen functional groups attached to an aromatic ring is 1. The maximum absolute atomic E-state index is 11.6. The molecule has 1 aromatic heterocycles. The predicted octanol–water partition coefficient (Wildman–Crippen LogP) is 3.75. The first-order chi connectivity index (χ1) is 8.54. The SMILES string of the molecule is COC(=O)c1sc(-c2ccc(Cl)cc2)c(C)c1N. The van der Waals surface area contributed by atoms with Gasteiger partial charge in [-0.05, 0) is 30.2 Å². The largest absolute Gasteiger partial charge is 0.465 e. The van der Waals surface area contributed by atoms with E-state index < -0.39 is 5.97 Å². The molecule has 0 atom stereocenters. The molecule has 0 amide bonds. The van der Waals surface area contributed by atoms with Gasteiger partial charge in [0.1, 0.15) is 4.88 Å². The molecule has 94 valence electrons. The van der Waals surface area contributed by atoms with Crippen LogP contribution in [0.4, 0.5) is 5.69 Å². The lowest BCUT2D eigenvalue weighted by atomic mass is 10.1. The van der Waals surface area contributed by atoms with Crippen LogP contribution in [0.2, 0.25) is 5.02 Å². The van der Waals surface area contributed by atoms with Gasteiger partial charge >= 0.3 is 5.97 Å². The fourth-order valence-corrected chi connectivity index (χ4v) is 2.92. The molecule has 1 aromatic carbocycles. The highest BCUT2D eigenvalue weighted by Gasteiger charge is 2.19. The van der Waals surface area contributed by atoms with E-state index in [0.717, 1.165) is 16.0 Å². The summed E-state index contributed by atoms with van der Waals surface area (Å²) in [5.41, 5.74) is 8.29. The van der Waals surface area contributed by atoms with E-state index in [1.54, 1.807) is 0 Å². The van der Waals surface area contributed by atoms with E-state index in [-0.39, 0.29) is 0 Å². The van der Waals surface area contributed by atoms with Crippen LogP contribution >= 0.6 is 22.9 Å². The molecule has 2 rings (SSSR count). The van der Waals surface area contributed by atoms with Gasteiger partial charge in [0.05, 0.1) is 12.8 Å². The molecule has 5 heteroatoms. The lowest BCUT2D eigenvalue weighted by Crippen LogP contribution is -2.01. The highest BCUT2D eigenvalue weighted by atomic mass is 35.5. The Hall–Kier alpha value is -1.52. The van der Waals surface area contributed by atoms with Crippen LogP contribution in [0.25, 0.3) is 10.4 Å². The molecule has 0 bridgehead atoms. The van der Waals surface area contributed by atoms with Gasteiger partial charge in [-0.15, -0.1) is 11.3 Å². The van der Waals surface area contributed by atoms with Crippen LogP contribution in [-0.2, 0) is 4.74 Å². The molecule has 0 saturated heterocycles. The number of nitrogens with two attached hydrogens (primary N) is 1. The molecule has 3 nitrogen and oxygen atoms in total. The first-order valence-corrected chi connectivity index (χ1v) is 6.47. The number of rotatable bonds is 2. The van der Waals surface area contributed by atoms with Crippen LogP contribution in [0.3, 0.4) is 0 Å². The highest BCUT2D eigenvalue weighted by Crippen LogP contribution is 2.38.